The van der Waals surface area contributed by atoms with Crippen LogP contribution >= 0.6 is 0 Å². The molecule has 0 aliphatic carbocycles. The monoisotopic (exact) mass is 267 g/mol. The Kier molecular flexibility index (Phi) is 3.58. The van der Waals surface area contributed by atoms with E-state index in [-0.39, 0.29) is 0 Å². The molecule has 0 unspecified atom stereocenters. The first-order chi connectivity index (χ1) is 9.83. The molecule has 0 bridgehead atoms. The molecule has 3 heterocycles. The number of rotatable bonds is 5. The Morgan fingerprint density at radius 2 is 2.05 bits per heavy atom. The second-order valence-corrected chi connectivity index (χ2v) is 4.74. The Labute approximate surface area is 117 Å². The van der Waals surface area contributed by atoms with Crippen LogP contribution in [0.5, 0.6) is 0 Å². The van der Waals surface area contributed by atoms with E-state index in [1.807, 2.05) is 53.9 Å². The highest BCUT2D eigenvalue weighted by molar-refractivity contribution is 5.37. The minimum Gasteiger partial charge on any atom is -0.370 e. The summed E-state index contributed by atoms with van der Waals surface area (Å²) in [5.74, 6) is 1.93. The Morgan fingerprint density at radius 1 is 1.10 bits per heavy atom. The maximum absolute atomic E-state index is 4.41. The van der Waals surface area contributed by atoms with Crippen LogP contribution in [0.25, 0.3) is 5.65 Å². The van der Waals surface area contributed by atoms with Crippen LogP contribution in [0.1, 0.15) is 17.9 Å². The third kappa shape index (κ3) is 2.77. The van der Waals surface area contributed by atoms with Crippen molar-refractivity contribution in [3.63, 3.8) is 0 Å². The van der Waals surface area contributed by atoms with Gasteiger partial charge in [0.15, 0.2) is 5.65 Å². The zero-order valence-electron chi connectivity index (χ0n) is 11.5. The first-order valence-electron chi connectivity index (χ1n) is 6.79. The molecule has 0 saturated carbocycles. The third-order valence-electron chi connectivity index (χ3n) is 3.16. The van der Waals surface area contributed by atoms with Crippen molar-refractivity contribution in [1.82, 2.24) is 19.6 Å². The van der Waals surface area contributed by atoms with E-state index in [0.717, 1.165) is 42.4 Å². The second kappa shape index (κ2) is 5.69. The van der Waals surface area contributed by atoms with Gasteiger partial charge in [0.2, 0.25) is 0 Å². The number of hydrogen-bond donors (Lipinski definition) is 1. The molecule has 20 heavy (non-hydrogen) atoms. The van der Waals surface area contributed by atoms with Crippen LogP contribution in [-0.4, -0.2) is 26.1 Å². The fourth-order valence-corrected chi connectivity index (χ4v) is 2.17. The van der Waals surface area contributed by atoms with Crippen molar-refractivity contribution < 1.29 is 0 Å². The number of aryl methyl sites for hydroxylation is 2. The lowest BCUT2D eigenvalue weighted by molar-refractivity contribution is 0.786. The van der Waals surface area contributed by atoms with E-state index in [1.54, 1.807) is 0 Å². The average Bonchev–Trinajstić information content (AvgIpc) is 2.87. The molecule has 0 spiro atoms. The quantitative estimate of drug-likeness (QED) is 0.722. The van der Waals surface area contributed by atoms with Gasteiger partial charge in [0.1, 0.15) is 11.6 Å². The van der Waals surface area contributed by atoms with E-state index < -0.39 is 0 Å². The second-order valence-electron chi connectivity index (χ2n) is 4.74. The van der Waals surface area contributed by atoms with E-state index in [2.05, 4.69) is 20.5 Å². The number of fused-ring (bicyclic) bond motifs is 1. The highest BCUT2D eigenvalue weighted by Gasteiger charge is 2.03. The van der Waals surface area contributed by atoms with Gasteiger partial charge in [-0.2, -0.15) is 0 Å². The molecule has 0 fully saturated rings. The van der Waals surface area contributed by atoms with Crippen molar-refractivity contribution in [1.29, 1.82) is 0 Å². The first-order valence-corrected chi connectivity index (χ1v) is 6.79. The van der Waals surface area contributed by atoms with E-state index >= 15 is 0 Å². The summed E-state index contributed by atoms with van der Waals surface area (Å²) in [6.07, 6.45) is 3.88. The molecule has 5 heteroatoms. The van der Waals surface area contributed by atoms with Crippen LogP contribution in [0.4, 0.5) is 5.82 Å². The molecule has 0 radical (unpaired) electrons. The van der Waals surface area contributed by atoms with Gasteiger partial charge in [-0.05, 0) is 37.6 Å². The summed E-state index contributed by atoms with van der Waals surface area (Å²) in [5.41, 5.74) is 1.93. The van der Waals surface area contributed by atoms with E-state index in [0.29, 0.717) is 0 Å². The van der Waals surface area contributed by atoms with Gasteiger partial charge in [-0.3, -0.25) is 4.40 Å². The van der Waals surface area contributed by atoms with Crippen molar-refractivity contribution in [3.8, 4) is 0 Å². The molecule has 3 aromatic heterocycles. The molecule has 3 aromatic rings. The van der Waals surface area contributed by atoms with Crippen LogP contribution < -0.4 is 5.32 Å². The largest absolute Gasteiger partial charge is 0.370 e. The molecule has 0 atom stereocenters. The van der Waals surface area contributed by atoms with Crippen LogP contribution in [0.2, 0.25) is 0 Å². The fourth-order valence-electron chi connectivity index (χ4n) is 2.17. The van der Waals surface area contributed by atoms with E-state index in [4.69, 9.17) is 0 Å². The molecule has 3 rings (SSSR count). The van der Waals surface area contributed by atoms with Gasteiger partial charge in [0.25, 0.3) is 0 Å². The number of nitrogens with zero attached hydrogens (tertiary/aromatic N) is 4. The molecule has 0 saturated heterocycles. The van der Waals surface area contributed by atoms with Gasteiger partial charge in [-0.1, -0.05) is 12.1 Å². The van der Waals surface area contributed by atoms with Crippen molar-refractivity contribution >= 4 is 11.5 Å². The summed E-state index contributed by atoms with van der Waals surface area (Å²) in [7, 11) is 0. The number of hydrogen-bond acceptors (Lipinski definition) is 4. The Bertz CT molecular complexity index is 704. The molecule has 0 amide bonds. The summed E-state index contributed by atoms with van der Waals surface area (Å²) in [5, 5.41) is 11.7. The predicted molar refractivity (Wildman–Crippen MR) is 78.8 cm³/mol. The van der Waals surface area contributed by atoms with Crippen LogP contribution in [-0.2, 0) is 6.42 Å². The molecule has 0 aliphatic rings. The lowest BCUT2D eigenvalue weighted by Crippen LogP contribution is -2.06. The maximum atomic E-state index is 4.41. The highest BCUT2D eigenvalue weighted by atomic mass is 15.2. The fraction of sp³-hybridized carbons (Fsp3) is 0.267. The number of pyridine rings is 2. The molecule has 0 aliphatic heterocycles. The van der Waals surface area contributed by atoms with Gasteiger partial charge in [-0.15, -0.1) is 10.2 Å². The van der Waals surface area contributed by atoms with Gasteiger partial charge >= 0.3 is 0 Å². The zero-order chi connectivity index (χ0) is 13.8. The molecule has 1 N–H and O–H groups in total. The SMILES string of the molecule is Cc1cccc(NCCCc2nnc3ccccn23)n1. The summed E-state index contributed by atoms with van der Waals surface area (Å²) in [6, 6.07) is 11.9. The maximum Gasteiger partial charge on any atom is 0.160 e. The van der Waals surface area contributed by atoms with Crippen molar-refractivity contribution in [2.24, 2.45) is 0 Å². The minimum atomic E-state index is 0.873. The average molecular weight is 267 g/mol. The molecule has 102 valence electrons. The smallest absolute Gasteiger partial charge is 0.160 e. The summed E-state index contributed by atoms with van der Waals surface area (Å²) in [6.45, 7) is 2.87. The number of nitrogens with one attached hydrogen (secondary N) is 1. The van der Waals surface area contributed by atoms with Crippen molar-refractivity contribution in [2.45, 2.75) is 19.8 Å². The molecular weight excluding hydrogens is 250 g/mol. The highest BCUT2D eigenvalue weighted by Crippen LogP contribution is 2.07. The van der Waals surface area contributed by atoms with Crippen molar-refractivity contribution in [3.05, 3.63) is 54.1 Å². The normalized spacial score (nSPS) is 10.8. The lowest BCUT2D eigenvalue weighted by Gasteiger charge is -2.05. The number of aromatic nitrogens is 4. The van der Waals surface area contributed by atoms with Crippen LogP contribution in [0, 0.1) is 6.92 Å². The summed E-state index contributed by atoms with van der Waals surface area (Å²) < 4.78 is 2.03. The van der Waals surface area contributed by atoms with Crippen LogP contribution in [0.3, 0.4) is 0 Å². The van der Waals surface area contributed by atoms with Gasteiger partial charge in [-0.25, -0.2) is 4.98 Å². The van der Waals surface area contributed by atoms with Gasteiger partial charge in [0, 0.05) is 24.9 Å². The molecular formula is C15H17N5. The van der Waals surface area contributed by atoms with Crippen molar-refractivity contribution in [2.75, 3.05) is 11.9 Å². The Hall–Kier alpha value is -2.43. The summed E-state index contributed by atoms with van der Waals surface area (Å²) in [4.78, 5) is 4.41. The predicted octanol–water partition coefficient (Wildman–Crippen LogP) is 2.48. The van der Waals surface area contributed by atoms with E-state index in [9.17, 15) is 0 Å². The lowest BCUT2D eigenvalue weighted by atomic mass is 10.3. The Morgan fingerprint density at radius 3 is 2.95 bits per heavy atom. The summed E-state index contributed by atoms with van der Waals surface area (Å²) >= 11 is 0. The Balaban J connectivity index is 1.55. The molecule has 5 nitrogen and oxygen atoms in total. The minimum absolute atomic E-state index is 0.873. The molecule has 0 aromatic carbocycles. The van der Waals surface area contributed by atoms with Crippen LogP contribution in [0.15, 0.2) is 42.6 Å². The number of anilines is 1. The van der Waals surface area contributed by atoms with Gasteiger partial charge < -0.3 is 5.32 Å². The van der Waals surface area contributed by atoms with Gasteiger partial charge in [0.05, 0.1) is 0 Å². The topological polar surface area (TPSA) is 55.1 Å². The van der Waals surface area contributed by atoms with E-state index in [1.165, 1.54) is 0 Å². The standard InChI is InChI=1S/C15H17N5/c1-12-6-4-7-13(17-12)16-10-5-9-15-19-18-14-8-2-3-11-20(14)15/h2-4,6-8,11H,5,9-10H2,1H3,(H,16,17). The zero-order valence-corrected chi connectivity index (χ0v) is 11.5. The first kappa shape index (κ1) is 12.6. The third-order valence-corrected chi connectivity index (χ3v) is 3.16.